The maximum atomic E-state index is 6.00. The van der Waals surface area contributed by atoms with E-state index in [0.29, 0.717) is 11.2 Å². The summed E-state index contributed by atoms with van der Waals surface area (Å²) in [5, 5.41) is 4.15. The second kappa shape index (κ2) is 5.85. The van der Waals surface area contributed by atoms with Crippen LogP contribution in [0.25, 0.3) is 0 Å². The van der Waals surface area contributed by atoms with E-state index in [9.17, 15) is 0 Å². The molecule has 96 valence electrons. The third-order valence-electron chi connectivity index (χ3n) is 3.59. The third-order valence-corrected chi connectivity index (χ3v) is 3.94. The van der Waals surface area contributed by atoms with E-state index in [2.05, 4.69) is 22.2 Å². The fraction of sp³-hybridized carbons (Fsp3) is 0.750. The van der Waals surface area contributed by atoms with Gasteiger partial charge in [0.2, 0.25) is 0 Å². The Labute approximate surface area is 108 Å². The molecule has 1 aliphatic rings. The lowest BCUT2D eigenvalue weighted by Gasteiger charge is -2.26. The van der Waals surface area contributed by atoms with Gasteiger partial charge in [0, 0.05) is 13.1 Å². The van der Waals surface area contributed by atoms with Crippen molar-refractivity contribution >= 4 is 11.6 Å². The number of hydrogen-bond donors (Lipinski definition) is 1. The summed E-state index contributed by atoms with van der Waals surface area (Å²) in [6.45, 7) is 3.14. The second-order valence-electron chi connectivity index (χ2n) is 4.81. The normalized spacial score (nSPS) is 21.8. The standard InChI is InChI=1S/C12H21ClN4/c1-16(10-4-3-6-14-7-5-10)9-12-15-8-11(13)17(12)2/h8,10,14H,3-7,9H2,1-2H3. The van der Waals surface area contributed by atoms with Crippen molar-refractivity contribution in [2.45, 2.75) is 31.8 Å². The van der Waals surface area contributed by atoms with Crippen LogP contribution in [0.3, 0.4) is 0 Å². The van der Waals surface area contributed by atoms with Crippen LogP contribution in [-0.2, 0) is 13.6 Å². The van der Waals surface area contributed by atoms with Crippen molar-refractivity contribution < 1.29 is 0 Å². The number of nitrogens with one attached hydrogen (secondary N) is 1. The summed E-state index contributed by atoms with van der Waals surface area (Å²) < 4.78 is 1.95. The Morgan fingerprint density at radius 3 is 3.06 bits per heavy atom. The van der Waals surface area contributed by atoms with Gasteiger partial charge in [0.05, 0.1) is 12.7 Å². The Balaban J connectivity index is 1.95. The van der Waals surface area contributed by atoms with E-state index in [1.54, 1.807) is 6.20 Å². The molecule has 0 radical (unpaired) electrons. The summed E-state index contributed by atoms with van der Waals surface area (Å²) in [5.74, 6) is 1.04. The highest BCUT2D eigenvalue weighted by Gasteiger charge is 2.18. The lowest BCUT2D eigenvalue weighted by atomic mass is 10.1. The minimum absolute atomic E-state index is 0.653. The summed E-state index contributed by atoms with van der Waals surface area (Å²) in [6.07, 6.45) is 5.46. The molecular weight excluding hydrogens is 236 g/mol. The van der Waals surface area contributed by atoms with E-state index < -0.39 is 0 Å². The molecule has 0 spiro atoms. The summed E-state index contributed by atoms with van der Waals surface area (Å²) >= 11 is 6.00. The molecule has 0 amide bonds. The highest BCUT2D eigenvalue weighted by molar-refractivity contribution is 6.29. The summed E-state index contributed by atoms with van der Waals surface area (Å²) in [5.41, 5.74) is 0. The Hall–Kier alpha value is -0.580. The van der Waals surface area contributed by atoms with Crippen molar-refractivity contribution in [1.82, 2.24) is 19.8 Å². The first kappa shape index (κ1) is 12.9. The Morgan fingerprint density at radius 1 is 1.53 bits per heavy atom. The molecular formula is C12H21ClN4. The molecule has 1 aromatic rings. The highest BCUT2D eigenvalue weighted by atomic mass is 35.5. The monoisotopic (exact) mass is 256 g/mol. The first-order valence-corrected chi connectivity index (χ1v) is 6.63. The van der Waals surface area contributed by atoms with E-state index in [0.717, 1.165) is 25.5 Å². The average Bonchev–Trinajstić information content (AvgIpc) is 2.59. The number of hydrogen-bond acceptors (Lipinski definition) is 3. The molecule has 1 aliphatic heterocycles. The summed E-state index contributed by atoms with van der Waals surface area (Å²) in [6, 6.07) is 0.653. The van der Waals surface area contributed by atoms with E-state index in [-0.39, 0.29) is 0 Å². The van der Waals surface area contributed by atoms with Crippen molar-refractivity contribution in [1.29, 1.82) is 0 Å². The summed E-state index contributed by atoms with van der Waals surface area (Å²) in [4.78, 5) is 6.74. The number of nitrogens with zero attached hydrogens (tertiary/aromatic N) is 3. The molecule has 0 aliphatic carbocycles. The van der Waals surface area contributed by atoms with Gasteiger partial charge in [-0.05, 0) is 39.4 Å². The van der Waals surface area contributed by atoms with Crippen LogP contribution in [0.15, 0.2) is 6.20 Å². The first-order valence-electron chi connectivity index (χ1n) is 6.25. The molecule has 0 bridgehead atoms. The third kappa shape index (κ3) is 3.21. The molecule has 1 atom stereocenters. The van der Waals surface area contributed by atoms with Crippen molar-refractivity contribution in [3.63, 3.8) is 0 Å². The van der Waals surface area contributed by atoms with Crippen LogP contribution in [0, 0.1) is 0 Å². The fourth-order valence-electron chi connectivity index (χ4n) is 2.36. The van der Waals surface area contributed by atoms with Crippen LogP contribution < -0.4 is 5.32 Å². The van der Waals surface area contributed by atoms with Gasteiger partial charge in [-0.15, -0.1) is 0 Å². The van der Waals surface area contributed by atoms with Crippen molar-refractivity contribution in [3.05, 3.63) is 17.2 Å². The molecule has 1 saturated heterocycles. The number of halogens is 1. The fourth-order valence-corrected chi connectivity index (χ4v) is 2.51. The SMILES string of the molecule is CN(Cc1ncc(Cl)n1C)C1CCCNCC1. The van der Waals surface area contributed by atoms with Crippen molar-refractivity contribution in [2.24, 2.45) is 7.05 Å². The van der Waals surface area contributed by atoms with E-state index in [1.165, 1.54) is 19.3 Å². The maximum absolute atomic E-state index is 6.00. The van der Waals surface area contributed by atoms with Gasteiger partial charge in [-0.1, -0.05) is 11.6 Å². The van der Waals surface area contributed by atoms with Gasteiger partial charge in [-0.3, -0.25) is 4.90 Å². The number of aromatic nitrogens is 2. The number of rotatable bonds is 3. The van der Waals surface area contributed by atoms with Gasteiger partial charge in [-0.25, -0.2) is 4.98 Å². The molecule has 17 heavy (non-hydrogen) atoms. The molecule has 1 aromatic heterocycles. The van der Waals surface area contributed by atoms with Crippen LogP contribution in [0.4, 0.5) is 0 Å². The zero-order chi connectivity index (χ0) is 12.3. The van der Waals surface area contributed by atoms with E-state index in [4.69, 9.17) is 11.6 Å². The van der Waals surface area contributed by atoms with Gasteiger partial charge in [0.25, 0.3) is 0 Å². The molecule has 2 heterocycles. The molecule has 2 rings (SSSR count). The predicted molar refractivity (Wildman–Crippen MR) is 70.2 cm³/mol. The van der Waals surface area contributed by atoms with Gasteiger partial charge in [-0.2, -0.15) is 0 Å². The Kier molecular flexibility index (Phi) is 4.42. The van der Waals surface area contributed by atoms with Gasteiger partial charge in [0.1, 0.15) is 11.0 Å². The smallest absolute Gasteiger partial charge is 0.128 e. The Bertz CT molecular complexity index is 355. The molecule has 1 fully saturated rings. The lowest BCUT2D eigenvalue weighted by molar-refractivity contribution is 0.210. The predicted octanol–water partition coefficient (Wildman–Crippen LogP) is 1.65. The Morgan fingerprint density at radius 2 is 2.35 bits per heavy atom. The molecule has 4 nitrogen and oxygen atoms in total. The second-order valence-corrected chi connectivity index (χ2v) is 5.19. The van der Waals surface area contributed by atoms with Gasteiger partial charge < -0.3 is 9.88 Å². The van der Waals surface area contributed by atoms with E-state index in [1.807, 2.05) is 11.6 Å². The largest absolute Gasteiger partial charge is 0.321 e. The van der Waals surface area contributed by atoms with Crippen LogP contribution in [0.2, 0.25) is 5.15 Å². The lowest BCUT2D eigenvalue weighted by Crippen LogP contribution is -2.32. The van der Waals surface area contributed by atoms with Crippen molar-refractivity contribution in [3.8, 4) is 0 Å². The van der Waals surface area contributed by atoms with Crippen LogP contribution in [0.1, 0.15) is 25.1 Å². The average molecular weight is 257 g/mol. The highest BCUT2D eigenvalue weighted by Crippen LogP contribution is 2.16. The van der Waals surface area contributed by atoms with Crippen LogP contribution in [-0.4, -0.2) is 40.6 Å². The zero-order valence-electron chi connectivity index (χ0n) is 10.6. The minimum atomic E-state index is 0.653. The minimum Gasteiger partial charge on any atom is -0.321 e. The van der Waals surface area contributed by atoms with Gasteiger partial charge >= 0.3 is 0 Å². The molecule has 1 unspecified atom stereocenters. The zero-order valence-corrected chi connectivity index (χ0v) is 11.4. The topological polar surface area (TPSA) is 33.1 Å². The molecule has 0 aromatic carbocycles. The van der Waals surface area contributed by atoms with Crippen LogP contribution in [0.5, 0.6) is 0 Å². The maximum Gasteiger partial charge on any atom is 0.128 e. The first-order chi connectivity index (χ1) is 8.18. The number of imidazole rings is 1. The molecule has 1 N–H and O–H groups in total. The van der Waals surface area contributed by atoms with E-state index >= 15 is 0 Å². The summed E-state index contributed by atoms with van der Waals surface area (Å²) in [7, 11) is 4.14. The van der Waals surface area contributed by atoms with Crippen molar-refractivity contribution in [2.75, 3.05) is 20.1 Å². The molecule has 0 saturated carbocycles. The van der Waals surface area contributed by atoms with Crippen LogP contribution >= 0.6 is 11.6 Å². The quantitative estimate of drug-likeness (QED) is 0.893. The van der Waals surface area contributed by atoms with Gasteiger partial charge in [0.15, 0.2) is 0 Å². The molecule has 5 heteroatoms.